The molecule has 0 fully saturated rings. The highest BCUT2D eigenvalue weighted by Crippen LogP contribution is 2.19. The second-order valence-electron chi connectivity index (χ2n) is 6.09. The Hall–Kier alpha value is -2.27. The smallest absolute Gasteiger partial charge is 0.243 e. The number of anilines is 2. The Morgan fingerprint density at radius 2 is 1.84 bits per heavy atom. The quantitative estimate of drug-likeness (QED) is 0.696. The van der Waals surface area contributed by atoms with Gasteiger partial charge < -0.3 is 15.4 Å². The Morgan fingerprint density at radius 1 is 1.16 bits per heavy atom. The third-order valence-corrected chi connectivity index (χ3v) is 3.76. The van der Waals surface area contributed by atoms with Crippen LogP contribution in [0.1, 0.15) is 20.3 Å². The molecule has 4 nitrogen and oxygen atoms in total. The first-order chi connectivity index (χ1) is 11.9. The van der Waals surface area contributed by atoms with Gasteiger partial charge in [-0.15, -0.1) is 0 Å². The minimum atomic E-state index is -0.493. The molecule has 2 N–H and O–H groups in total. The molecule has 0 aliphatic heterocycles. The van der Waals surface area contributed by atoms with Crippen molar-refractivity contribution in [3.63, 3.8) is 0 Å². The Balaban J connectivity index is 1.78. The van der Waals surface area contributed by atoms with Gasteiger partial charge in [-0.1, -0.05) is 25.4 Å². The van der Waals surface area contributed by atoms with Crippen LogP contribution in [0.3, 0.4) is 0 Å². The van der Waals surface area contributed by atoms with E-state index in [1.807, 2.05) is 12.1 Å². The number of rotatable bonds is 8. The van der Waals surface area contributed by atoms with Crippen molar-refractivity contribution in [2.24, 2.45) is 5.92 Å². The zero-order valence-electron chi connectivity index (χ0n) is 14.3. The van der Waals surface area contributed by atoms with E-state index in [0.29, 0.717) is 23.9 Å². The summed E-state index contributed by atoms with van der Waals surface area (Å²) < 4.78 is 18.7. The van der Waals surface area contributed by atoms with Gasteiger partial charge in [0.15, 0.2) is 0 Å². The first-order valence-corrected chi connectivity index (χ1v) is 8.53. The molecular weight excluding hydrogens is 343 g/mol. The molecule has 2 aromatic rings. The zero-order valence-corrected chi connectivity index (χ0v) is 15.1. The number of carbonyl (C=O) groups is 1. The van der Waals surface area contributed by atoms with Gasteiger partial charge in [-0.25, -0.2) is 4.39 Å². The normalized spacial score (nSPS) is 10.6. The molecule has 1 amide bonds. The summed E-state index contributed by atoms with van der Waals surface area (Å²) in [5.74, 6) is 0.668. The van der Waals surface area contributed by atoms with Gasteiger partial charge in [-0.2, -0.15) is 0 Å². The predicted molar refractivity (Wildman–Crippen MR) is 99.9 cm³/mol. The van der Waals surface area contributed by atoms with Gasteiger partial charge in [0.1, 0.15) is 11.6 Å². The third-order valence-electron chi connectivity index (χ3n) is 3.47. The molecule has 0 bridgehead atoms. The lowest BCUT2D eigenvalue weighted by molar-refractivity contribution is -0.114. The van der Waals surface area contributed by atoms with E-state index >= 15 is 0 Å². The van der Waals surface area contributed by atoms with Gasteiger partial charge in [0.2, 0.25) is 5.91 Å². The Bertz CT molecular complexity index is 705. The molecule has 0 heterocycles. The first-order valence-electron chi connectivity index (χ1n) is 8.15. The van der Waals surface area contributed by atoms with Crippen LogP contribution in [0.15, 0.2) is 42.5 Å². The maximum absolute atomic E-state index is 13.1. The lowest BCUT2D eigenvalue weighted by atomic mass is 10.1. The van der Waals surface area contributed by atoms with Crippen LogP contribution in [0.4, 0.5) is 15.8 Å². The van der Waals surface area contributed by atoms with Crippen LogP contribution in [0, 0.1) is 11.7 Å². The highest BCUT2D eigenvalue weighted by molar-refractivity contribution is 6.31. The maximum Gasteiger partial charge on any atom is 0.243 e. The standard InChI is InChI=1S/C19H22ClFN2O2/c1-13(2)9-10-25-16-6-3-14(4-7-16)23-19(24)12-22-15-5-8-18(21)17(20)11-15/h3-8,11,13,22H,9-10,12H2,1-2H3,(H,23,24). The summed E-state index contributed by atoms with van der Waals surface area (Å²) in [6.45, 7) is 5.02. The van der Waals surface area contributed by atoms with Gasteiger partial charge in [0.05, 0.1) is 18.2 Å². The molecule has 2 rings (SSSR count). The summed E-state index contributed by atoms with van der Waals surface area (Å²) in [5.41, 5.74) is 1.26. The molecule has 0 unspecified atom stereocenters. The summed E-state index contributed by atoms with van der Waals surface area (Å²) >= 11 is 5.70. The lowest BCUT2D eigenvalue weighted by Gasteiger charge is -2.10. The lowest BCUT2D eigenvalue weighted by Crippen LogP contribution is -2.21. The molecule has 2 aromatic carbocycles. The predicted octanol–water partition coefficient (Wildman–Crippen LogP) is 4.95. The molecule has 0 aliphatic carbocycles. The molecule has 0 saturated heterocycles. The average molecular weight is 365 g/mol. The van der Waals surface area contributed by atoms with E-state index in [1.165, 1.54) is 18.2 Å². The minimum Gasteiger partial charge on any atom is -0.494 e. The number of halogens is 2. The maximum atomic E-state index is 13.1. The van der Waals surface area contributed by atoms with Crippen molar-refractivity contribution in [3.05, 3.63) is 53.3 Å². The van der Waals surface area contributed by atoms with E-state index in [2.05, 4.69) is 24.5 Å². The molecule has 0 spiro atoms. The summed E-state index contributed by atoms with van der Waals surface area (Å²) in [4.78, 5) is 12.0. The summed E-state index contributed by atoms with van der Waals surface area (Å²) in [6, 6.07) is 11.4. The van der Waals surface area contributed by atoms with Gasteiger partial charge in [0, 0.05) is 11.4 Å². The molecule has 0 radical (unpaired) electrons. The molecule has 25 heavy (non-hydrogen) atoms. The van der Waals surface area contributed by atoms with Crippen LogP contribution in [-0.4, -0.2) is 19.1 Å². The summed E-state index contributed by atoms with van der Waals surface area (Å²) in [7, 11) is 0. The number of ether oxygens (including phenoxy) is 1. The molecule has 6 heteroatoms. The number of benzene rings is 2. The van der Waals surface area contributed by atoms with Gasteiger partial charge in [0.25, 0.3) is 0 Å². The van der Waals surface area contributed by atoms with E-state index in [-0.39, 0.29) is 17.5 Å². The van der Waals surface area contributed by atoms with Crippen LogP contribution in [0.5, 0.6) is 5.75 Å². The van der Waals surface area contributed by atoms with Crippen molar-refractivity contribution in [2.75, 3.05) is 23.8 Å². The fraction of sp³-hybridized carbons (Fsp3) is 0.316. The van der Waals surface area contributed by atoms with Crippen LogP contribution in [0.2, 0.25) is 5.02 Å². The van der Waals surface area contributed by atoms with Crippen molar-refractivity contribution >= 4 is 28.9 Å². The van der Waals surface area contributed by atoms with E-state index in [9.17, 15) is 9.18 Å². The highest BCUT2D eigenvalue weighted by atomic mass is 35.5. The molecule has 0 aliphatic rings. The molecular formula is C19H22ClFN2O2. The Morgan fingerprint density at radius 3 is 2.48 bits per heavy atom. The number of carbonyl (C=O) groups excluding carboxylic acids is 1. The molecule has 0 aromatic heterocycles. The third kappa shape index (κ3) is 6.63. The summed E-state index contributed by atoms with van der Waals surface area (Å²) in [6.07, 6.45) is 0.998. The second-order valence-corrected chi connectivity index (χ2v) is 6.49. The van der Waals surface area contributed by atoms with E-state index < -0.39 is 5.82 Å². The zero-order chi connectivity index (χ0) is 18.2. The van der Waals surface area contributed by atoms with Gasteiger partial charge in [-0.05, 0) is 54.8 Å². The Labute approximate surface area is 152 Å². The Kier molecular flexibility index (Phi) is 7.07. The van der Waals surface area contributed by atoms with Crippen LogP contribution >= 0.6 is 11.6 Å². The number of nitrogens with one attached hydrogen (secondary N) is 2. The van der Waals surface area contributed by atoms with Gasteiger partial charge >= 0.3 is 0 Å². The molecule has 134 valence electrons. The van der Waals surface area contributed by atoms with E-state index in [1.54, 1.807) is 12.1 Å². The van der Waals surface area contributed by atoms with Crippen molar-refractivity contribution in [1.29, 1.82) is 0 Å². The molecule has 0 saturated carbocycles. The van der Waals surface area contributed by atoms with Crippen LogP contribution < -0.4 is 15.4 Å². The fourth-order valence-electron chi connectivity index (χ4n) is 2.04. The fourth-order valence-corrected chi connectivity index (χ4v) is 2.22. The SMILES string of the molecule is CC(C)CCOc1ccc(NC(=O)CNc2ccc(F)c(Cl)c2)cc1. The topological polar surface area (TPSA) is 50.4 Å². The largest absolute Gasteiger partial charge is 0.494 e. The second kappa shape index (κ2) is 9.28. The van der Waals surface area contributed by atoms with Crippen molar-refractivity contribution in [1.82, 2.24) is 0 Å². The van der Waals surface area contributed by atoms with Crippen LogP contribution in [0.25, 0.3) is 0 Å². The summed E-state index contributed by atoms with van der Waals surface area (Å²) in [5, 5.41) is 5.68. The van der Waals surface area contributed by atoms with Crippen molar-refractivity contribution in [3.8, 4) is 5.75 Å². The molecule has 0 atom stereocenters. The average Bonchev–Trinajstić information content (AvgIpc) is 2.57. The van der Waals surface area contributed by atoms with Crippen molar-refractivity contribution in [2.45, 2.75) is 20.3 Å². The van der Waals surface area contributed by atoms with Gasteiger partial charge in [-0.3, -0.25) is 4.79 Å². The number of hydrogen-bond acceptors (Lipinski definition) is 3. The number of hydrogen-bond donors (Lipinski definition) is 2. The van der Waals surface area contributed by atoms with E-state index in [4.69, 9.17) is 16.3 Å². The highest BCUT2D eigenvalue weighted by Gasteiger charge is 2.05. The van der Waals surface area contributed by atoms with E-state index in [0.717, 1.165) is 12.2 Å². The number of amides is 1. The van der Waals surface area contributed by atoms with Crippen molar-refractivity contribution < 1.29 is 13.9 Å². The first kappa shape index (κ1) is 19.1. The monoisotopic (exact) mass is 364 g/mol. The minimum absolute atomic E-state index is 0.0125. The van der Waals surface area contributed by atoms with Crippen LogP contribution in [-0.2, 0) is 4.79 Å².